The first-order valence-corrected chi connectivity index (χ1v) is 8.50. The van der Waals surface area contributed by atoms with Gasteiger partial charge in [-0.3, -0.25) is 4.79 Å². The minimum atomic E-state index is -0.150. The number of rotatable bonds is 6. The van der Waals surface area contributed by atoms with Crippen LogP contribution in [0.4, 0.5) is 0 Å². The van der Waals surface area contributed by atoms with E-state index in [1.54, 1.807) is 0 Å². The Hall–Kier alpha value is -1.35. The van der Waals surface area contributed by atoms with Gasteiger partial charge < -0.3 is 10.2 Å². The molecule has 0 aliphatic heterocycles. The molecular formula is C19H30N2O. The fourth-order valence-electron chi connectivity index (χ4n) is 3.36. The molecule has 1 N–H and O–H groups in total. The molecule has 1 fully saturated rings. The second-order valence-corrected chi connectivity index (χ2v) is 7.05. The van der Waals surface area contributed by atoms with E-state index in [1.807, 2.05) is 0 Å². The molecule has 0 spiro atoms. The van der Waals surface area contributed by atoms with Crippen molar-refractivity contribution in [3.63, 3.8) is 0 Å². The van der Waals surface area contributed by atoms with Gasteiger partial charge in [-0.2, -0.15) is 0 Å². The molecule has 0 radical (unpaired) electrons. The summed E-state index contributed by atoms with van der Waals surface area (Å²) in [5.41, 5.74) is 2.46. The molecule has 1 aromatic carbocycles. The van der Waals surface area contributed by atoms with E-state index in [2.05, 4.69) is 62.4 Å². The van der Waals surface area contributed by atoms with E-state index in [9.17, 15) is 4.79 Å². The van der Waals surface area contributed by atoms with Crippen molar-refractivity contribution in [1.29, 1.82) is 0 Å². The van der Waals surface area contributed by atoms with Gasteiger partial charge in [0.1, 0.15) is 0 Å². The fraction of sp³-hybridized carbons (Fsp3) is 0.632. The lowest BCUT2D eigenvalue weighted by Gasteiger charge is -2.28. The van der Waals surface area contributed by atoms with Crippen LogP contribution in [-0.2, 0) is 11.2 Å². The smallest absolute Gasteiger partial charge is 0.226 e. The summed E-state index contributed by atoms with van der Waals surface area (Å²) < 4.78 is 0. The van der Waals surface area contributed by atoms with Crippen molar-refractivity contribution in [3.05, 3.63) is 35.4 Å². The molecule has 122 valence electrons. The van der Waals surface area contributed by atoms with Crippen molar-refractivity contribution in [2.45, 2.75) is 52.0 Å². The van der Waals surface area contributed by atoms with Crippen LogP contribution >= 0.6 is 0 Å². The normalized spacial score (nSPS) is 18.4. The van der Waals surface area contributed by atoms with Crippen LogP contribution in [0.25, 0.3) is 0 Å². The van der Waals surface area contributed by atoms with Gasteiger partial charge in [-0.1, -0.05) is 51.0 Å². The third-order valence-electron chi connectivity index (χ3n) is 5.11. The lowest BCUT2D eigenvalue weighted by molar-refractivity contribution is -0.130. The third kappa shape index (κ3) is 3.89. The van der Waals surface area contributed by atoms with Gasteiger partial charge in [-0.25, -0.2) is 0 Å². The van der Waals surface area contributed by atoms with Crippen LogP contribution in [0.15, 0.2) is 24.3 Å². The minimum Gasteiger partial charge on any atom is -0.354 e. The topological polar surface area (TPSA) is 32.3 Å². The number of aryl methyl sites for hydroxylation is 1. The van der Waals surface area contributed by atoms with Gasteiger partial charge in [0.05, 0.1) is 6.04 Å². The Kier molecular flexibility index (Phi) is 5.63. The van der Waals surface area contributed by atoms with Gasteiger partial charge in [-0.15, -0.1) is 0 Å². The van der Waals surface area contributed by atoms with Crippen molar-refractivity contribution >= 4 is 5.91 Å². The summed E-state index contributed by atoms with van der Waals surface area (Å²) in [5.74, 6) is 0.224. The van der Waals surface area contributed by atoms with Gasteiger partial charge in [-0.05, 0) is 44.5 Å². The van der Waals surface area contributed by atoms with Crippen LogP contribution in [0.1, 0.15) is 56.7 Å². The molecule has 0 saturated heterocycles. The lowest BCUT2D eigenvalue weighted by atomic mass is 9.87. The molecule has 1 aliphatic rings. The third-order valence-corrected chi connectivity index (χ3v) is 5.11. The zero-order chi connectivity index (χ0) is 16.2. The molecular weight excluding hydrogens is 272 g/mol. The van der Waals surface area contributed by atoms with Crippen LogP contribution in [-0.4, -0.2) is 31.4 Å². The summed E-state index contributed by atoms with van der Waals surface area (Å²) in [6.07, 6.45) is 5.47. The highest BCUT2D eigenvalue weighted by atomic mass is 16.2. The monoisotopic (exact) mass is 302 g/mol. The van der Waals surface area contributed by atoms with Crippen molar-refractivity contribution in [2.24, 2.45) is 5.41 Å². The summed E-state index contributed by atoms with van der Waals surface area (Å²) in [5, 5.41) is 3.19. The van der Waals surface area contributed by atoms with Crippen LogP contribution < -0.4 is 5.32 Å². The molecule has 0 heterocycles. The number of hydrogen-bond acceptors (Lipinski definition) is 2. The number of likely N-dealkylation sites (N-methyl/N-ethyl adjacent to an activating group) is 1. The first-order valence-electron chi connectivity index (χ1n) is 8.50. The maximum absolute atomic E-state index is 12.5. The lowest BCUT2D eigenvalue weighted by Crippen LogP contribution is -2.41. The summed E-state index contributed by atoms with van der Waals surface area (Å²) >= 11 is 0. The Bertz CT molecular complexity index is 487. The van der Waals surface area contributed by atoms with Crippen LogP contribution in [0.2, 0.25) is 0 Å². The number of benzene rings is 1. The van der Waals surface area contributed by atoms with E-state index < -0.39 is 0 Å². The van der Waals surface area contributed by atoms with Crippen LogP contribution in [0, 0.1) is 5.41 Å². The van der Waals surface area contributed by atoms with E-state index in [0.29, 0.717) is 6.54 Å². The van der Waals surface area contributed by atoms with E-state index in [0.717, 1.165) is 19.3 Å². The van der Waals surface area contributed by atoms with Gasteiger partial charge in [0, 0.05) is 12.0 Å². The predicted molar refractivity (Wildman–Crippen MR) is 91.8 cm³/mol. The molecule has 3 nitrogen and oxygen atoms in total. The molecule has 3 heteroatoms. The Morgan fingerprint density at radius 3 is 2.32 bits per heavy atom. The van der Waals surface area contributed by atoms with Gasteiger partial charge in [0.2, 0.25) is 5.91 Å². The predicted octanol–water partition coefficient (Wildman–Crippen LogP) is 3.55. The average molecular weight is 302 g/mol. The second-order valence-electron chi connectivity index (χ2n) is 7.05. The highest BCUT2D eigenvalue weighted by molar-refractivity contribution is 5.82. The molecule has 0 bridgehead atoms. The van der Waals surface area contributed by atoms with Crippen LogP contribution in [0.5, 0.6) is 0 Å². The van der Waals surface area contributed by atoms with Crippen molar-refractivity contribution in [1.82, 2.24) is 10.2 Å². The summed E-state index contributed by atoms with van der Waals surface area (Å²) in [7, 11) is 4.14. The van der Waals surface area contributed by atoms with E-state index in [4.69, 9.17) is 0 Å². The van der Waals surface area contributed by atoms with Crippen molar-refractivity contribution in [2.75, 3.05) is 20.6 Å². The number of carbonyl (C=O) groups is 1. The van der Waals surface area contributed by atoms with Gasteiger partial charge in [0.15, 0.2) is 0 Å². The maximum Gasteiger partial charge on any atom is 0.226 e. The second kappa shape index (κ2) is 7.28. The fourth-order valence-corrected chi connectivity index (χ4v) is 3.36. The number of amides is 1. The Morgan fingerprint density at radius 2 is 1.82 bits per heavy atom. The zero-order valence-corrected chi connectivity index (χ0v) is 14.5. The Labute approximate surface area is 135 Å². The molecule has 1 aromatic rings. The van der Waals surface area contributed by atoms with Crippen LogP contribution in [0.3, 0.4) is 0 Å². The Morgan fingerprint density at radius 1 is 1.23 bits per heavy atom. The first-order chi connectivity index (χ1) is 10.5. The standard InChI is InChI=1S/C19H30N2O/c1-5-15-8-10-16(11-9-15)17(21(3)4)14-20-18(22)19(2)12-6-7-13-19/h8-11,17H,5-7,12-14H2,1-4H3,(H,20,22). The quantitative estimate of drug-likeness (QED) is 0.871. The number of nitrogens with one attached hydrogen (secondary N) is 1. The summed E-state index contributed by atoms with van der Waals surface area (Å²) in [6, 6.07) is 8.97. The summed E-state index contributed by atoms with van der Waals surface area (Å²) in [4.78, 5) is 14.7. The largest absolute Gasteiger partial charge is 0.354 e. The van der Waals surface area contributed by atoms with E-state index in [-0.39, 0.29) is 17.4 Å². The SMILES string of the molecule is CCc1ccc(C(CNC(=O)C2(C)CCCC2)N(C)C)cc1. The highest BCUT2D eigenvalue weighted by Crippen LogP contribution is 2.37. The number of nitrogens with zero attached hydrogens (tertiary/aromatic N) is 1. The minimum absolute atomic E-state index is 0.150. The molecule has 1 unspecified atom stereocenters. The number of carbonyl (C=O) groups excluding carboxylic acids is 1. The van der Waals surface area contributed by atoms with Gasteiger partial charge in [0.25, 0.3) is 0 Å². The molecule has 22 heavy (non-hydrogen) atoms. The maximum atomic E-state index is 12.5. The molecule has 0 aromatic heterocycles. The van der Waals surface area contributed by atoms with Crippen molar-refractivity contribution in [3.8, 4) is 0 Å². The molecule has 2 rings (SSSR count). The number of hydrogen-bond donors (Lipinski definition) is 1. The molecule has 1 saturated carbocycles. The first kappa shape index (κ1) is 17.0. The average Bonchev–Trinajstić information content (AvgIpc) is 2.95. The molecule has 1 amide bonds. The molecule has 1 atom stereocenters. The zero-order valence-electron chi connectivity index (χ0n) is 14.5. The van der Waals surface area contributed by atoms with Gasteiger partial charge >= 0.3 is 0 Å². The highest BCUT2D eigenvalue weighted by Gasteiger charge is 2.36. The van der Waals surface area contributed by atoms with E-state index in [1.165, 1.54) is 24.0 Å². The van der Waals surface area contributed by atoms with E-state index >= 15 is 0 Å². The van der Waals surface area contributed by atoms with Crippen molar-refractivity contribution < 1.29 is 4.79 Å². The summed E-state index contributed by atoms with van der Waals surface area (Å²) in [6.45, 7) is 4.95. The molecule has 1 aliphatic carbocycles. The Balaban J connectivity index is 2.01.